The van der Waals surface area contributed by atoms with E-state index in [2.05, 4.69) is 61.7 Å². The average molecular weight is 455 g/mol. The summed E-state index contributed by atoms with van der Waals surface area (Å²) in [7, 11) is 0. The molecule has 174 valence electrons. The van der Waals surface area contributed by atoms with Crippen LogP contribution < -0.4 is 10.6 Å². The molecule has 5 nitrogen and oxygen atoms in total. The molecule has 0 aromatic heterocycles. The van der Waals surface area contributed by atoms with Crippen LogP contribution in [0.3, 0.4) is 0 Å². The lowest BCUT2D eigenvalue weighted by Crippen LogP contribution is -2.72. The monoisotopic (exact) mass is 454 g/mol. The van der Waals surface area contributed by atoms with E-state index in [4.69, 9.17) is 4.74 Å². The number of benzene rings is 3. The Balaban J connectivity index is 1.67. The number of fused-ring (bicyclic) bond motifs is 1. The van der Waals surface area contributed by atoms with E-state index in [0.29, 0.717) is 0 Å². The average Bonchev–Trinajstić information content (AvgIpc) is 3.20. The predicted octanol–water partition coefficient (Wildman–Crippen LogP) is 5.01. The molecule has 0 bridgehead atoms. The molecule has 3 aliphatic heterocycles. The molecule has 0 amide bonds. The van der Waals surface area contributed by atoms with E-state index in [1.165, 1.54) is 5.56 Å². The van der Waals surface area contributed by atoms with Crippen molar-refractivity contribution in [2.75, 3.05) is 5.32 Å². The Bertz CT molecular complexity index is 1280. The van der Waals surface area contributed by atoms with Gasteiger partial charge in [0.1, 0.15) is 17.9 Å². The molecule has 1 spiro atoms. The van der Waals surface area contributed by atoms with Crippen molar-refractivity contribution in [3.63, 3.8) is 0 Å². The summed E-state index contributed by atoms with van der Waals surface area (Å²) in [5.74, 6) is -0.905. The molecule has 3 N–H and O–H groups in total. The lowest BCUT2D eigenvalue weighted by atomic mass is 9.56. The minimum atomic E-state index is -1.05. The van der Waals surface area contributed by atoms with Crippen molar-refractivity contribution < 1.29 is 14.6 Å². The Morgan fingerprint density at radius 1 is 1.00 bits per heavy atom. The molecule has 6 rings (SSSR count). The Kier molecular flexibility index (Phi) is 4.36. The Morgan fingerprint density at radius 3 is 2.35 bits per heavy atom. The van der Waals surface area contributed by atoms with E-state index < -0.39 is 23.0 Å². The summed E-state index contributed by atoms with van der Waals surface area (Å²) >= 11 is 0. The second kappa shape index (κ2) is 6.94. The fourth-order valence-electron chi connectivity index (χ4n) is 6.39. The van der Waals surface area contributed by atoms with E-state index in [9.17, 15) is 9.90 Å². The zero-order valence-electron chi connectivity index (χ0n) is 19.9. The highest BCUT2D eigenvalue weighted by molar-refractivity contribution is 5.81. The summed E-state index contributed by atoms with van der Waals surface area (Å²) in [6.45, 7) is 8.66. The maximum absolute atomic E-state index is 12.8. The minimum Gasteiger partial charge on any atom is -0.480 e. The van der Waals surface area contributed by atoms with Gasteiger partial charge in [0.05, 0.1) is 11.5 Å². The number of anilines is 1. The van der Waals surface area contributed by atoms with Gasteiger partial charge in [0.2, 0.25) is 0 Å². The van der Waals surface area contributed by atoms with E-state index in [1.54, 1.807) is 0 Å². The van der Waals surface area contributed by atoms with Crippen molar-refractivity contribution in [1.82, 2.24) is 5.32 Å². The zero-order valence-corrected chi connectivity index (χ0v) is 19.9. The molecule has 3 aromatic carbocycles. The number of aliphatic carboxylic acids is 1. The number of nitrogens with one attached hydrogen (secondary N) is 2. The molecular formula is C29H30N2O3. The normalized spacial score (nSPS) is 31.1. The maximum Gasteiger partial charge on any atom is 0.324 e. The second-order valence-electron chi connectivity index (χ2n) is 10.9. The molecule has 0 aliphatic carbocycles. The highest BCUT2D eigenvalue weighted by atomic mass is 16.6. The van der Waals surface area contributed by atoms with Crippen LogP contribution in [-0.4, -0.2) is 23.3 Å². The van der Waals surface area contributed by atoms with Crippen molar-refractivity contribution >= 4 is 11.7 Å². The van der Waals surface area contributed by atoms with Gasteiger partial charge in [0, 0.05) is 5.69 Å². The van der Waals surface area contributed by atoms with Gasteiger partial charge in [-0.2, -0.15) is 0 Å². The highest BCUT2D eigenvalue weighted by Gasteiger charge is 2.82. The van der Waals surface area contributed by atoms with E-state index in [-0.39, 0.29) is 17.7 Å². The third-order valence-corrected chi connectivity index (χ3v) is 8.01. The fourth-order valence-corrected chi connectivity index (χ4v) is 6.39. The molecule has 5 heteroatoms. The van der Waals surface area contributed by atoms with Gasteiger partial charge in [-0.05, 0) is 40.7 Å². The first-order valence-corrected chi connectivity index (χ1v) is 11.9. The summed E-state index contributed by atoms with van der Waals surface area (Å²) < 4.78 is 6.67. The minimum absolute atomic E-state index is 0.0403. The smallest absolute Gasteiger partial charge is 0.324 e. The first kappa shape index (κ1) is 21.4. The Hall–Kier alpha value is -3.15. The number of aryl methyl sites for hydroxylation is 1. The van der Waals surface area contributed by atoms with Gasteiger partial charge in [-0.15, -0.1) is 0 Å². The van der Waals surface area contributed by atoms with Crippen LogP contribution in [0.25, 0.3) is 0 Å². The summed E-state index contributed by atoms with van der Waals surface area (Å²) in [4.78, 5) is 12.8. The SMILES string of the molecule is Cc1ccc(C23OC4Nc5ccc(C(C)(C)C)cc5[C@]42[C@@H](c2ccccc2)N[C@@H]3C(=O)O)cc1. The third kappa shape index (κ3) is 2.54. The molecule has 5 atom stereocenters. The van der Waals surface area contributed by atoms with Crippen molar-refractivity contribution in [1.29, 1.82) is 0 Å². The van der Waals surface area contributed by atoms with Crippen LogP contribution in [0.15, 0.2) is 72.8 Å². The summed E-state index contributed by atoms with van der Waals surface area (Å²) in [5.41, 5.74) is 4.73. The fraction of sp³-hybridized carbons (Fsp3) is 0.345. The van der Waals surface area contributed by atoms with Crippen LogP contribution in [0.5, 0.6) is 0 Å². The van der Waals surface area contributed by atoms with E-state index in [1.807, 2.05) is 49.4 Å². The number of rotatable bonds is 3. The second-order valence-corrected chi connectivity index (χ2v) is 10.9. The molecular weight excluding hydrogens is 424 g/mol. The van der Waals surface area contributed by atoms with Gasteiger partial charge in [0.15, 0.2) is 0 Å². The lowest BCUT2D eigenvalue weighted by molar-refractivity contribution is -0.267. The molecule has 3 aliphatic rings. The number of ether oxygens (including phenoxy) is 1. The number of hydrogen-bond acceptors (Lipinski definition) is 4. The molecule has 2 fully saturated rings. The van der Waals surface area contributed by atoms with Crippen molar-refractivity contribution in [3.8, 4) is 0 Å². The Morgan fingerprint density at radius 2 is 1.71 bits per heavy atom. The van der Waals surface area contributed by atoms with Gasteiger partial charge in [0.25, 0.3) is 0 Å². The first-order chi connectivity index (χ1) is 16.2. The molecule has 0 radical (unpaired) electrons. The highest BCUT2D eigenvalue weighted by Crippen LogP contribution is 2.71. The molecule has 34 heavy (non-hydrogen) atoms. The van der Waals surface area contributed by atoms with Crippen LogP contribution in [0.1, 0.15) is 54.6 Å². The van der Waals surface area contributed by atoms with Crippen molar-refractivity contribution in [2.24, 2.45) is 0 Å². The van der Waals surface area contributed by atoms with Crippen LogP contribution in [0.4, 0.5) is 5.69 Å². The predicted molar refractivity (Wildman–Crippen MR) is 132 cm³/mol. The van der Waals surface area contributed by atoms with Gasteiger partial charge < -0.3 is 15.2 Å². The largest absolute Gasteiger partial charge is 0.480 e. The first-order valence-electron chi connectivity index (χ1n) is 11.9. The number of hydrogen-bond donors (Lipinski definition) is 3. The quantitative estimate of drug-likeness (QED) is 0.519. The number of carbonyl (C=O) groups is 1. The van der Waals surface area contributed by atoms with Crippen LogP contribution in [-0.2, 0) is 26.0 Å². The molecule has 2 unspecified atom stereocenters. The zero-order chi connectivity index (χ0) is 23.9. The number of carboxylic acids is 1. The lowest BCUT2D eigenvalue weighted by Gasteiger charge is -2.59. The van der Waals surface area contributed by atoms with Crippen molar-refractivity contribution in [2.45, 2.75) is 62.4 Å². The van der Waals surface area contributed by atoms with Crippen LogP contribution >= 0.6 is 0 Å². The topological polar surface area (TPSA) is 70.6 Å². The Labute approximate surface area is 200 Å². The van der Waals surface area contributed by atoms with Gasteiger partial charge in [-0.1, -0.05) is 93.1 Å². The van der Waals surface area contributed by atoms with Gasteiger partial charge >= 0.3 is 5.97 Å². The van der Waals surface area contributed by atoms with Gasteiger partial charge in [-0.3, -0.25) is 10.1 Å². The molecule has 0 saturated carbocycles. The summed E-state index contributed by atoms with van der Waals surface area (Å²) in [6.07, 6.45) is -0.332. The van der Waals surface area contributed by atoms with E-state index in [0.717, 1.165) is 27.9 Å². The third-order valence-electron chi connectivity index (χ3n) is 8.01. The summed E-state index contributed by atoms with van der Waals surface area (Å²) in [5, 5.41) is 17.6. The molecule has 3 heterocycles. The van der Waals surface area contributed by atoms with E-state index >= 15 is 0 Å². The maximum atomic E-state index is 12.8. The van der Waals surface area contributed by atoms with Gasteiger partial charge in [-0.25, -0.2) is 0 Å². The number of carboxylic acid groups (broad SMARTS) is 1. The summed E-state index contributed by atoms with van der Waals surface area (Å²) in [6, 6.07) is 23.7. The van der Waals surface area contributed by atoms with Crippen LogP contribution in [0.2, 0.25) is 0 Å². The molecule has 3 aromatic rings. The standard InChI is InChI=1S/C29H30N2O3/c1-17-10-12-19(13-11-17)29-24(25(32)33)31-23(18-8-6-5-7-9-18)28(29)21-16-20(27(2,3)4)14-15-22(21)30-26(28)34-29/h5-16,23-24,26,30-31H,1-4H3,(H,32,33)/t23-,24-,26?,28+,29?/m1/s1. The van der Waals surface area contributed by atoms with Crippen LogP contribution in [0, 0.1) is 6.92 Å². The van der Waals surface area contributed by atoms with Crippen molar-refractivity contribution in [3.05, 3.63) is 101 Å². The molecule has 2 saturated heterocycles.